The maximum absolute atomic E-state index is 5.25. The second-order valence-corrected chi connectivity index (χ2v) is 5.76. The Morgan fingerprint density at radius 3 is 2.84 bits per heavy atom. The van der Waals surface area contributed by atoms with Gasteiger partial charge in [0.25, 0.3) is 0 Å². The molecule has 0 amide bonds. The molecule has 0 fully saturated rings. The largest absolute Gasteiger partial charge is 0.497 e. The number of aromatic nitrogens is 2. The molecule has 2 N–H and O–H groups in total. The molecule has 0 radical (unpaired) electrons. The maximum Gasteiger partial charge on any atom is 0.191 e. The Bertz CT molecular complexity index is 630. The van der Waals surface area contributed by atoms with Gasteiger partial charge in [0.2, 0.25) is 0 Å². The first-order chi connectivity index (χ1) is 11.7. The lowest BCUT2D eigenvalue weighted by atomic mass is 10.2. The van der Waals surface area contributed by atoms with Crippen molar-refractivity contribution in [3.05, 3.63) is 48.3 Å². The van der Waals surface area contributed by atoms with Gasteiger partial charge in [0.15, 0.2) is 5.96 Å². The molecule has 7 heteroatoms. The molecule has 1 heterocycles. The van der Waals surface area contributed by atoms with E-state index in [1.54, 1.807) is 13.3 Å². The summed E-state index contributed by atoms with van der Waals surface area (Å²) in [5.74, 6) is 2.13. The number of nitrogens with zero attached hydrogens (tertiary/aromatic N) is 3. The van der Waals surface area contributed by atoms with E-state index in [9.17, 15) is 0 Å². The fraction of sp³-hybridized carbons (Fsp3) is 0.444. The van der Waals surface area contributed by atoms with Crippen LogP contribution in [0.15, 0.2) is 47.7 Å². The van der Waals surface area contributed by atoms with Gasteiger partial charge in [-0.1, -0.05) is 19.1 Å². The first-order valence-electron chi connectivity index (χ1n) is 8.33. The molecule has 0 aliphatic heterocycles. The number of guanidine groups is 1. The molecular weight excluding hydrogens is 429 g/mol. The molecule has 1 unspecified atom stereocenters. The number of methoxy groups -OCH3 is 1. The van der Waals surface area contributed by atoms with Crippen LogP contribution in [0.3, 0.4) is 0 Å². The second kappa shape index (κ2) is 11.7. The number of aliphatic imine (C=N–C) groups is 1. The Hall–Kier alpha value is -1.77. The summed E-state index contributed by atoms with van der Waals surface area (Å²) in [6.07, 6.45) is 3.79. The maximum atomic E-state index is 5.25. The summed E-state index contributed by atoms with van der Waals surface area (Å²) in [5, 5.41) is 10.9. The third-order valence-electron chi connectivity index (χ3n) is 3.57. The van der Waals surface area contributed by atoms with Crippen LogP contribution in [-0.2, 0) is 13.1 Å². The molecule has 2 rings (SSSR count). The minimum absolute atomic E-state index is 0. The minimum Gasteiger partial charge on any atom is -0.497 e. The van der Waals surface area contributed by atoms with Crippen molar-refractivity contribution in [2.75, 3.05) is 20.2 Å². The van der Waals surface area contributed by atoms with Crippen LogP contribution in [0.2, 0.25) is 0 Å². The predicted molar refractivity (Wildman–Crippen MR) is 113 cm³/mol. The third kappa shape index (κ3) is 7.76. The Kier molecular flexibility index (Phi) is 9.98. The van der Waals surface area contributed by atoms with Gasteiger partial charge in [-0.25, -0.2) is 4.99 Å². The molecule has 2 aromatic rings. The van der Waals surface area contributed by atoms with Crippen molar-refractivity contribution < 1.29 is 4.74 Å². The number of hydrogen-bond donors (Lipinski definition) is 2. The van der Waals surface area contributed by atoms with Gasteiger partial charge in [0.1, 0.15) is 5.75 Å². The van der Waals surface area contributed by atoms with E-state index >= 15 is 0 Å². The van der Waals surface area contributed by atoms with Crippen LogP contribution in [-0.4, -0.2) is 35.9 Å². The van der Waals surface area contributed by atoms with Crippen molar-refractivity contribution in [3.8, 4) is 5.75 Å². The van der Waals surface area contributed by atoms with Gasteiger partial charge in [0.05, 0.1) is 13.7 Å². The molecule has 1 aromatic carbocycles. The van der Waals surface area contributed by atoms with E-state index in [2.05, 4.69) is 40.6 Å². The van der Waals surface area contributed by atoms with Crippen LogP contribution >= 0.6 is 24.0 Å². The molecule has 1 aromatic heterocycles. The third-order valence-corrected chi connectivity index (χ3v) is 3.57. The zero-order valence-electron chi connectivity index (χ0n) is 15.1. The number of rotatable bonds is 8. The highest BCUT2D eigenvalue weighted by Gasteiger charge is 2.05. The minimum atomic E-state index is 0. The molecule has 0 aliphatic carbocycles. The highest BCUT2D eigenvalue weighted by Crippen LogP contribution is 2.13. The Morgan fingerprint density at radius 2 is 2.16 bits per heavy atom. The van der Waals surface area contributed by atoms with E-state index < -0.39 is 0 Å². The van der Waals surface area contributed by atoms with Crippen LogP contribution in [0, 0.1) is 5.92 Å². The van der Waals surface area contributed by atoms with E-state index in [4.69, 9.17) is 4.74 Å². The van der Waals surface area contributed by atoms with Crippen molar-refractivity contribution in [1.82, 2.24) is 20.4 Å². The molecule has 0 spiro atoms. The van der Waals surface area contributed by atoms with Gasteiger partial charge in [-0.05, 0) is 36.6 Å². The zero-order valence-corrected chi connectivity index (χ0v) is 17.4. The summed E-state index contributed by atoms with van der Waals surface area (Å²) < 4.78 is 7.20. The number of hydrogen-bond acceptors (Lipinski definition) is 3. The lowest BCUT2D eigenvalue weighted by Gasteiger charge is -2.16. The Labute approximate surface area is 167 Å². The number of ether oxygens (including phenoxy) is 1. The highest BCUT2D eigenvalue weighted by atomic mass is 127. The topological polar surface area (TPSA) is 63.5 Å². The van der Waals surface area contributed by atoms with Crippen LogP contribution in [0.25, 0.3) is 0 Å². The number of halogens is 1. The lowest BCUT2D eigenvalue weighted by Crippen LogP contribution is -2.40. The van der Waals surface area contributed by atoms with Gasteiger partial charge in [-0.2, -0.15) is 5.10 Å². The van der Waals surface area contributed by atoms with Gasteiger partial charge in [-0.3, -0.25) is 4.68 Å². The molecule has 138 valence electrons. The SMILES string of the molecule is CCNC(=NCc1cccc(OC)c1)NCC(C)Cn1cccn1.I. The smallest absolute Gasteiger partial charge is 0.191 e. The van der Waals surface area contributed by atoms with Gasteiger partial charge in [-0.15, -0.1) is 24.0 Å². The first-order valence-corrected chi connectivity index (χ1v) is 8.33. The molecule has 25 heavy (non-hydrogen) atoms. The van der Waals surface area contributed by atoms with Crippen molar-refractivity contribution >= 4 is 29.9 Å². The molecule has 0 bridgehead atoms. The standard InChI is InChI=1S/C18H27N5O.HI/c1-4-19-18(20-12-15(2)14-23-10-6-9-22-23)21-13-16-7-5-8-17(11-16)24-3;/h5-11,15H,4,12-14H2,1-3H3,(H2,19,20,21);1H. The average Bonchev–Trinajstić information content (AvgIpc) is 3.10. The predicted octanol–water partition coefficient (Wildman–Crippen LogP) is 2.90. The summed E-state index contributed by atoms with van der Waals surface area (Å²) in [6.45, 7) is 7.42. The number of nitrogens with one attached hydrogen (secondary N) is 2. The molecular formula is C18H28IN5O. The summed E-state index contributed by atoms with van der Waals surface area (Å²) in [6, 6.07) is 9.92. The zero-order chi connectivity index (χ0) is 17.2. The first kappa shape index (κ1) is 21.3. The summed E-state index contributed by atoms with van der Waals surface area (Å²) in [4.78, 5) is 4.64. The van der Waals surface area contributed by atoms with Crippen LogP contribution in [0.1, 0.15) is 19.4 Å². The molecule has 1 atom stereocenters. The molecule has 0 saturated heterocycles. The summed E-state index contributed by atoms with van der Waals surface area (Å²) >= 11 is 0. The van der Waals surface area contributed by atoms with Gasteiger partial charge in [0, 0.05) is 32.0 Å². The quantitative estimate of drug-likeness (QED) is 0.364. The number of benzene rings is 1. The van der Waals surface area contributed by atoms with Gasteiger partial charge < -0.3 is 15.4 Å². The Balaban J connectivity index is 0.00000312. The van der Waals surface area contributed by atoms with E-state index in [1.807, 2.05) is 35.1 Å². The molecule has 0 aliphatic rings. The molecule has 0 saturated carbocycles. The summed E-state index contributed by atoms with van der Waals surface area (Å²) in [7, 11) is 1.68. The lowest BCUT2D eigenvalue weighted by molar-refractivity contribution is 0.414. The van der Waals surface area contributed by atoms with E-state index in [0.29, 0.717) is 12.5 Å². The van der Waals surface area contributed by atoms with Crippen molar-refractivity contribution in [2.45, 2.75) is 26.9 Å². The average molecular weight is 457 g/mol. The molecule has 6 nitrogen and oxygen atoms in total. The normalized spacial score (nSPS) is 12.2. The van der Waals surface area contributed by atoms with Crippen LogP contribution in [0.4, 0.5) is 0 Å². The van der Waals surface area contributed by atoms with Gasteiger partial charge >= 0.3 is 0 Å². The van der Waals surface area contributed by atoms with Crippen LogP contribution < -0.4 is 15.4 Å². The summed E-state index contributed by atoms with van der Waals surface area (Å²) in [5.41, 5.74) is 1.12. The monoisotopic (exact) mass is 457 g/mol. The van der Waals surface area contributed by atoms with E-state index in [0.717, 1.165) is 36.9 Å². The van der Waals surface area contributed by atoms with Crippen molar-refractivity contribution in [2.24, 2.45) is 10.9 Å². The highest BCUT2D eigenvalue weighted by molar-refractivity contribution is 14.0. The van der Waals surface area contributed by atoms with Crippen molar-refractivity contribution in [1.29, 1.82) is 0 Å². The van der Waals surface area contributed by atoms with Crippen LogP contribution in [0.5, 0.6) is 5.75 Å². The van der Waals surface area contributed by atoms with Crippen molar-refractivity contribution in [3.63, 3.8) is 0 Å². The fourth-order valence-electron chi connectivity index (χ4n) is 2.35. The van der Waals surface area contributed by atoms with E-state index in [1.165, 1.54) is 0 Å². The van der Waals surface area contributed by atoms with E-state index in [-0.39, 0.29) is 24.0 Å². The second-order valence-electron chi connectivity index (χ2n) is 5.76. The fourth-order valence-corrected chi connectivity index (χ4v) is 2.35. The Morgan fingerprint density at radius 1 is 1.32 bits per heavy atom.